The van der Waals surface area contributed by atoms with Crippen LogP contribution in [-0.2, 0) is 10.0 Å². The van der Waals surface area contributed by atoms with Gasteiger partial charge >= 0.3 is 0 Å². The zero-order valence-electron chi connectivity index (χ0n) is 21.1. The zero-order valence-corrected chi connectivity index (χ0v) is 21.9. The van der Waals surface area contributed by atoms with Crippen molar-refractivity contribution in [2.45, 2.75) is 24.8 Å². The van der Waals surface area contributed by atoms with Gasteiger partial charge < -0.3 is 14.8 Å². The highest BCUT2D eigenvalue weighted by Gasteiger charge is 2.25. The molecule has 0 aliphatic carbocycles. The van der Waals surface area contributed by atoms with Crippen molar-refractivity contribution in [2.24, 2.45) is 0 Å². The van der Waals surface area contributed by atoms with Gasteiger partial charge in [0, 0.05) is 22.8 Å². The molecule has 1 aliphatic rings. The first-order valence-electron chi connectivity index (χ1n) is 11.9. The Labute approximate surface area is 220 Å². The summed E-state index contributed by atoms with van der Waals surface area (Å²) < 4.78 is 40.8. The van der Waals surface area contributed by atoms with E-state index in [0.29, 0.717) is 17.0 Å². The highest BCUT2D eigenvalue weighted by molar-refractivity contribution is 7.92. The number of ether oxygens (including phenoxy) is 2. The van der Waals surface area contributed by atoms with Crippen molar-refractivity contribution in [1.29, 1.82) is 0 Å². The minimum Gasteiger partial charge on any atom is -0.496 e. The SMILES string of the molecule is COc1ccccc1C1CNC(=O)c2cccc(c2)S(=O)(=O)Nc2nc(cc(-c3c(C)cccc3C)n2)O1. The first kappa shape index (κ1) is 25.2. The van der Waals surface area contributed by atoms with Crippen LogP contribution in [0.4, 0.5) is 5.95 Å². The molecule has 194 valence electrons. The second-order valence-electron chi connectivity index (χ2n) is 8.87. The van der Waals surface area contributed by atoms with Crippen LogP contribution in [0.1, 0.15) is 33.2 Å². The summed E-state index contributed by atoms with van der Waals surface area (Å²) in [6.45, 7) is 3.98. The van der Waals surface area contributed by atoms with Crippen molar-refractivity contribution < 1.29 is 22.7 Å². The number of carbonyl (C=O) groups is 1. The molecule has 1 aromatic heterocycles. The minimum atomic E-state index is -4.11. The Bertz CT molecular complexity index is 1620. The molecule has 4 bridgehead atoms. The number of hydrogen-bond acceptors (Lipinski definition) is 7. The topological polar surface area (TPSA) is 120 Å². The molecule has 1 amide bonds. The highest BCUT2D eigenvalue weighted by Crippen LogP contribution is 2.33. The molecule has 0 fully saturated rings. The van der Waals surface area contributed by atoms with Gasteiger partial charge in [-0.25, -0.2) is 18.1 Å². The van der Waals surface area contributed by atoms with Crippen LogP contribution in [0, 0.1) is 13.8 Å². The largest absolute Gasteiger partial charge is 0.496 e. The van der Waals surface area contributed by atoms with Crippen LogP contribution >= 0.6 is 0 Å². The number of benzene rings is 3. The first-order chi connectivity index (χ1) is 18.2. The number of nitrogens with zero attached hydrogens (tertiary/aromatic N) is 2. The monoisotopic (exact) mass is 530 g/mol. The van der Waals surface area contributed by atoms with E-state index in [-0.39, 0.29) is 28.8 Å². The fourth-order valence-corrected chi connectivity index (χ4v) is 5.43. The smallest absolute Gasteiger partial charge is 0.264 e. The van der Waals surface area contributed by atoms with E-state index < -0.39 is 22.0 Å². The number of fused-ring (bicyclic) bond motifs is 4. The fourth-order valence-electron chi connectivity index (χ4n) is 4.44. The predicted molar refractivity (Wildman–Crippen MR) is 143 cm³/mol. The van der Waals surface area contributed by atoms with Gasteiger partial charge in [0.25, 0.3) is 15.9 Å². The number of aromatic nitrogens is 2. The molecule has 1 aliphatic heterocycles. The van der Waals surface area contributed by atoms with Crippen molar-refractivity contribution in [2.75, 3.05) is 18.4 Å². The Morgan fingerprint density at radius 1 is 0.947 bits per heavy atom. The number of methoxy groups -OCH3 is 1. The molecule has 9 nitrogen and oxygen atoms in total. The van der Waals surface area contributed by atoms with Gasteiger partial charge in [-0.3, -0.25) is 4.79 Å². The average Bonchev–Trinajstić information content (AvgIpc) is 2.90. The molecule has 4 aromatic rings. The molecule has 0 saturated heterocycles. The molecule has 2 N–H and O–H groups in total. The van der Waals surface area contributed by atoms with Crippen molar-refractivity contribution in [3.63, 3.8) is 0 Å². The normalized spacial score (nSPS) is 16.5. The maximum absolute atomic E-state index is 13.3. The predicted octanol–water partition coefficient (Wildman–Crippen LogP) is 4.43. The number of nitrogens with one attached hydrogen (secondary N) is 2. The lowest BCUT2D eigenvalue weighted by molar-refractivity contribution is 0.0924. The van der Waals surface area contributed by atoms with E-state index in [1.165, 1.54) is 18.2 Å². The summed E-state index contributed by atoms with van der Waals surface area (Å²) in [6, 6.07) is 20.6. The summed E-state index contributed by atoms with van der Waals surface area (Å²) in [4.78, 5) is 21.8. The number of anilines is 1. The van der Waals surface area contributed by atoms with Crippen molar-refractivity contribution >= 4 is 21.9 Å². The molecule has 1 unspecified atom stereocenters. The first-order valence-corrected chi connectivity index (χ1v) is 13.4. The summed E-state index contributed by atoms with van der Waals surface area (Å²) >= 11 is 0. The third kappa shape index (κ3) is 5.03. The lowest BCUT2D eigenvalue weighted by atomic mass is 10.00. The van der Waals surface area contributed by atoms with Gasteiger partial charge in [0.1, 0.15) is 11.9 Å². The molecule has 2 heterocycles. The van der Waals surface area contributed by atoms with Gasteiger partial charge in [-0.05, 0) is 49.2 Å². The number of amides is 1. The highest BCUT2D eigenvalue weighted by atomic mass is 32.2. The van der Waals surface area contributed by atoms with Crippen LogP contribution in [0.2, 0.25) is 0 Å². The molecule has 0 radical (unpaired) electrons. The number of aryl methyl sites for hydroxylation is 2. The van der Waals surface area contributed by atoms with Gasteiger partial charge in [-0.2, -0.15) is 4.98 Å². The summed E-state index contributed by atoms with van der Waals surface area (Å²) in [5.74, 6) is 0.108. The zero-order chi connectivity index (χ0) is 26.9. The second-order valence-corrected chi connectivity index (χ2v) is 10.6. The molecule has 0 spiro atoms. The van der Waals surface area contributed by atoms with E-state index in [0.717, 1.165) is 16.7 Å². The number of para-hydroxylation sites is 1. The van der Waals surface area contributed by atoms with Crippen LogP contribution in [0.25, 0.3) is 11.3 Å². The summed E-state index contributed by atoms with van der Waals surface area (Å²) in [7, 11) is -2.55. The van der Waals surface area contributed by atoms with Gasteiger partial charge in [0.2, 0.25) is 11.8 Å². The molecule has 10 heteroatoms. The van der Waals surface area contributed by atoms with E-state index in [1.54, 1.807) is 25.3 Å². The maximum Gasteiger partial charge on any atom is 0.264 e. The van der Waals surface area contributed by atoms with Crippen LogP contribution in [0.5, 0.6) is 11.6 Å². The molecular weight excluding hydrogens is 504 g/mol. The number of hydrogen-bond donors (Lipinski definition) is 2. The molecule has 0 saturated carbocycles. The maximum atomic E-state index is 13.3. The summed E-state index contributed by atoms with van der Waals surface area (Å²) in [6.07, 6.45) is -0.704. The fraction of sp³-hybridized carbons (Fsp3) is 0.179. The Morgan fingerprint density at radius 2 is 1.68 bits per heavy atom. The van der Waals surface area contributed by atoms with E-state index in [2.05, 4.69) is 20.0 Å². The molecule has 1 atom stereocenters. The number of carbonyl (C=O) groups excluding carboxylic acids is 1. The Morgan fingerprint density at radius 3 is 2.45 bits per heavy atom. The average molecular weight is 531 g/mol. The van der Waals surface area contributed by atoms with Crippen LogP contribution < -0.4 is 19.5 Å². The third-order valence-electron chi connectivity index (χ3n) is 6.27. The Hall–Kier alpha value is -4.44. The third-order valence-corrected chi connectivity index (χ3v) is 7.59. The van der Waals surface area contributed by atoms with Gasteiger partial charge in [-0.1, -0.05) is 42.5 Å². The molecular formula is C28H26N4O5S. The van der Waals surface area contributed by atoms with Gasteiger partial charge in [-0.15, -0.1) is 0 Å². The quantitative estimate of drug-likeness (QED) is 0.402. The van der Waals surface area contributed by atoms with E-state index in [9.17, 15) is 13.2 Å². The van der Waals surface area contributed by atoms with Gasteiger partial charge in [0.15, 0.2) is 0 Å². The summed E-state index contributed by atoms with van der Waals surface area (Å²) in [5, 5.41) is 2.85. The number of rotatable bonds is 3. The van der Waals surface area contributed by atoms with Crippen LogP contribution in [0.3, 0.4) is 0 Å². The van der Waals surface area contributed by atoms with E-state index >= 15 is 0 Å². The van der Waals surface area contributed by atoms with Crippen LogP contribution in [0.15, 0.2) is 77.7 Å². The summed E-state index contributed by atoms with van der Waals surface area (Å²) in [5.41, 5.74) is 4.14. The lowest BCUT2D eigenvalue weighted by Crippen LogP contribution is -2.31. The van der Waals surface area contributed by atoms with Crippen molar-refractivity contribution in [1.82, 2.24) is 15.3 Å². The number of sulfonamides is 1. The Balaban J connectivity index is 1.71. The molecule has 5 rings (SSSR count). The van der Waals surface area contributed by atoms with Gasteiger partial charge in [0.05, 0.1) is 24.2 Å². The van der Waals surface area contributed by atoms with Crippen molar-refractivity contribution in [3.8, 4) is 22.9 Å². The van der Waals surface area contributed by atoms with Crippen molar-refractivity contribution in [3.05, 3.63) is 95.1 Å². The second kappa shape index (κ2) is 10.1. The molecule has 3 aromatic carbocycles. The Kier molecular flexibility index (Phi) is 6.73. The van der Waals surface area contributed by atoms with E-state index in [1.807, 2.05) is 50.2 Å². The van der Waals surface area contributed by atoms with E-state index in [4.69, 9.17) is 9.47 Å². The standard InChI is InChI=1S/C28H26N4O5S/c1-17-8-6-9-18(2)26(17)22-15-25-31-28(30-22)32-38(34,35)20-11-7-10-19(14-20)27(33)29-16-24(37-25)21-12-4-5-13-23(21)36-3/h4-15,24H,16H2,1-3H3,(H,29,33)(H,30,31,32). The lowest BCUT2D eigenvalue weighted by Gasteiger charge is -2.22. The molecule has 38 heavy (non-hydrogen) atoms. The minimum absolute atomic E-state index is 0.0711. The van der Waals surface area contributed by atoms with Crippen LogP contribution in [-0.4, -0.2) is 37.9 Å².